The molecule has 1 aliphatic heterocycles. The zero-order valence-electron chi connectivity index (χ0n) is 16.0. The van der Waals surface area contributed by atoms with E-state index in [1.54, 1.807) is 17.0 Å². The van der Waals surface area contributed by atoms with E-state index >= 15 is 0 Å². The van der Waals surface area contributed by atoms with Gasteiger partial charge in [-0.2, -0.15) is 0 Å². The van der Waals surface area contributed by atoms with E-state index in [0.717, 1.165) is 11.6 Å². The van der Waals surface area contributed by atoms with Gasteiger partial charge < -0.3 is 15.1 Å². The molecule has 8 heteroatoms. The number of aryl methyl sites for hydroxylation is 1. The van der Waals surface area contributed by atoms with E-state index in [1.807, 2.05) is 19.1 Å². The van der Waals surface area contributed by atoms with Gasteiger partial charge in [-0.05, 0) is 36.8 Å². The molecule has 1 fully saturated rings. The van der Waals surface area contributed by atoms with Crippen molar-refractivity contribution in [2.24, 2.45) is 0 Å². The molecule has 0 aliphatic carbocycles. The van der Waals surface area contributed by atoms with Crippen molar-refractivity contribution in [2.75, 3.05) is 32.7 Å². The lowest BCUT2D eigenvalue weighted by atomic mass is 10.1. The molecule has 1 aliphatic rings. The standard InChI is InChI=1S/C21H21ClFN3O3/c1-14-4-2-3-5-16(14)20(28)24-13-19(27)25-8-10-26(11-9-25)21(29)17-12-15(22)6-7-18(17)23/h2-7,12H,8-11,13H2,1H3,(H,24,28). The minimum absolute atomic E-state index is 0.0808. The number of piperazine rings is 1. The van der Waals surface area contributed by atoms with E-state index in [9.17, 15) is 18.8 Å². The first-order valence-electron chi connectivity index (χ1n) is 9.22. The van der Waals surface area contributed by atoms with E-state index in [1.165, 1.54) is 17.0 Å². The zero-order chi connectivity index (χ0) is 21.0. The largest absolute Gasteiger partial charge is 0.343 e. The maximum atomic E-state index is 13.9. The van der Waals surface area contributed by atoms with Gasteiger partial charge in [0.05, 0.1) is 12.1 Å². The highest BCUT2D eigenvalue weighted by molar-refractivity contribution is 6.31. The van der Waals surface area contributed by atoms with Crippen molar-refractivity contribution in [3.8, 4) is 0 Å². The smallest absolute Gasteiger partial charge is 0.257 e. The molecule has 29 heavy (non-hydrogen) atoms. The summed E-state index contributed by atoms with van der Waals surface area (Å²) in [5, 5.41) is 2.92. The Bertz CT molecular complexity index is 943. The molecular weight excluding hydrogens is 397 g/mol. The predicted molar refractivity (Wildman–Crippen MR) is 107 cm³/mol. The summed E-state index contributed by atoms with van der Waals surface area (Å²) in [5.41, 5.74) is 1.28. The van der Waals surface area contributed by atoms with Gasteiger partial charge in [0.2, 0.25) is 5.91 Å². The summed E-state index contributed by atoms with van der Waals surface area (Å²) in [5.74, 6) is -1.61. The Morgan fingerprint density at radius 1 is 1.00 bits per heavy atom. The molecule has 1 N–H and O–H groups in total. The minimum atomic E-state index is -0.628. The summed E-state index contributed by atoms with van der Waals surface area (Å²) >= 11 is 5.85. The molecule has 2 aromatic rings. The van der Waals surface area contributed by atoms with E-state index in [0.29, 0.717) is 18.7 Å². The van der Waals surface area contributed by atoms with Crippen LogP contribution < -0.4 is 5.32 Å². The Kier molecular flexibility index (Phi) is 6.49. The van der Waals surface area contributed by atoms with Gasteiger partial charge in [0.25, 0.3) is 11.8 Å². The molecule has 0 aromatic heterocycles. The maximum Gasteiger partial charge on any atom is 0.257 e. The molecule has 0 radical (unpaired) electrons. The van der Waals surface area contributed by atoms with Crippen molar-refractivity contribution >= 4 is 29.3 Å². The number of rotatable bonds is 4. The lowest BCUT2D eigenvalue weighted by molar-refractivity contribution is -0.131. The minimum Gasteiger partial charge on any atom is -0.343 e. The van der Waals surface area contributed by atoms with Crippen molar-refractivity contribution in [2.45, 2.75) is 6.92 Å². The average Bonchev–Trinajstić information content (AvgIpc) is 2.73. The molecule has 1 saturated heterocycles. The third-order valence-corrected chi connectivity index (χ3v) is 5.10. The van der Waals surface area contributed by atoms with Gasteiger partial charge in [-0.15, -0.1) is 0 Å². The molecule has 3 rings (SSSR count). The summed E-state index contributed by atoms with van der Waals surface area (Å²) in [7, 11) is 0. The van der Waals surface area contributed by atoms with Gasteiger partial charge >= 0.3 is 0 Å². The normalized spacial score (nSPS) is 13.9. The van der Waals surface area contributed by atoms with Crippen molar-refractivity contribution in [1.82, 2.24) is 15.1 Å². The SMILES string of the molecule is Cc1ccccc1C(=O)NCC(=O)N1CCN(C(=O)c2cc(Cl)ccc2F)CC1. The highest BCUT2D eigenvalue weighted by Crippen LogP contribution is 2.18. The number of hydrogen-bond donors (Lipinski definition) is 1. The fourth-order valence-corrected chi connectivity index (χ4v) is 3.35. The van der Waals surface area contributed by atoms with Crippen LogP contribution >= 0.6 is 11.6 Å². The monoisotopic (exact) mass is 417 g/mol. The van der Waals surface area contributed by atoms with Gasteiger partial charge in [0.1, 0.15) is 5.82 Å². The Labute approximate surface area is 173 Å². The highest BCUT2D eigenvalue weighted by atomic mass is 35.5. The second-order valence-corrected chi connectivity index (χ2v) is 7.23. The Morgan fingerprint density at radius 2 is 1.66 bits per heavy atom. The maximum absolute atomic E-state index is 13.9. The first-order valence-corrected chi connectivity index (χ1v) is 9.60. The molecular formula is C21H21ClFN3O3. The third-order valence-electron chi connectivity index (χ3n) is 4.87. The number of hydrogen-bond acceptors (Lipinski definition) is 3. The first-order chi connectivity index (χ1) is 13.9. The molecule has 0 bridgehead atoms. The Hall–Kier alpha value is -2.93. The molecule has 0 spiro atoms. The lowest BCUT2D eigenvalue weighted by Gasteiger charge is -2.35. The number of halogens is 2. The molecule has 0 saturated carbocycles. The number of amides is 3. The van der Waals surface area contributed by atoms with Crippen LogP contribution in [0.2, 0.25) is 5.02 Å². The highest BCUT2D eigenvalue weighted by Gasteiger charge is 2.26. The Balaban J connectivity index is 1.52. The van der Waals surface area contributed by atoms with E-state index in [4.69, 9.17) is 11.6 Å². The number of carbonyl (C=O) groups excluding carboxylic acids is 3. The van der Waals surface area contributed by atoms with E-state index in [-0.39, 0.29) is 42.0 Å². The van der Waals surface area contributed by atoms with Gasteiger partial charge in [0.15, 0.2) is 0 Å². The lowest BCUT2D eigenvalue weighted by Crippen LogP contribution is -2.52. The molecule has 0 atom stereocenters. The predicted octanol–water partition coefficient (Wildman–Crippen LogP) is 2.50. The average molecular weight is 418 g/mol. The van der Waals surface area contributed by atoms with Crippen LogP contribution in [0.25, 0.3) is 0 Å². The van der Waals surface area contributed by atoms with Crippen LogP contribution in [0, 0.1) is 12.7 Å². The van der Waals surface area contributed by atoms with Crippen LogP contribution in [0.3, 0.4) is 0 Å². The van der Waals surface area contributed by atoms with Crippen LogP contribution in [-0.2, 0) is 4.79 Å². The quantitative estimate of drug-likeness (QED) is 0.831. The molecule has 0 unspecified atom stereocenters. The van der Waals surface area contributed by atoms with Gasteiger partial charge in [-0.25, -0.2) is 4.39 Å². The van der Waals surface area contributed by atoms with Crippen LogP contribution in [0.5, 0.6) is 0 Å². The van der Waals surface area contributed by atoms with Gasteiger partial charge in [-0.1, -0.05) is 29.8 Å². The van der Waals surface area contributed by atoms with E-state index < -0.39 is 11.7 Å². The summed E-state index contributed by atoms with van der Waals surface area (Å²) in [4.78, 5) is 40.2. The third kappa shape index (κ3) is 4.92. The summed E-state index contributed by atoms with van der Waals surface area (Å²) in [6.07, 6.45) is 0. The Morgan fingerprint density at radius 3 is 2.34 bits per heavy atom. The molecule has 3 amide bonds. The van der Waals surface area contributed by atoms with Crippen LogP contribution in [0.15, 0.2) is 42.5 Å². The molecule has 152 valence electrons. The fourth-order valence-electron chi connectivity index (χ4n) is 3.18. The van der Waals surface area contributed by atoms with Crippen molar-refractivity contribution in [3.63, 3.8) is 0 Å². The fraction of sp³-hybridized carbons (Fsp3) is 0.286. The second-order valence-electron chi connectivity index (χ2n) is 6.79. The molecule has 2 aromatic carbocycles. The summed E-state index contributed by atoms with van der Waals surface area (Å²) < 4.78 is 13.9. The molecule has 6 nitrogen and oxygen atoms in total. The topological polar surface area (TPSA) is 69.7 Å². The first kappa shape index (κ1) is 20.8. The van der Waals surface area contributed by atoms with Gasteiger partial charge in [0, 0.05) is 36.8 Å². The number of nitrogens with zero attached hydrogens (tertiary/aromatic N) is 2. The number of benzene rings is 2. The van der Waals surface area contributed by atoms with Crippen molar-refractivity contribution < 1.29 is 18.8 Å². The van der Waals surface area contributed by atoms with Crippen molar-refractivity contribution in [1.29, 1.82) is 0 Å². The summed E-state index contributed by atoms with van der Waals surface area (Å²) in [6.45, 7) is 2.89. The number of nitrogens with one attached hydrogen (secondary N) is 1. The van der Waals surface area contributed by atoms with Crippen LogP contribution in [-0.4, -0.2) is 60.2 Å². The van der Waals surface area contributed by atoms with Crippen molar-refractivity contribution in [3.05, 3.63) is 70.0 Å². The zero-order valence-corrected chi connectivity index (χ0v) is 16.7. The summed E-state index contributed by atoms with van der Waals surface area (Å²) in [6, 6.07) is 11.0. The van der Waals surface area contributed by atoms with Gasteiger partial charge in [-0.3, -0.25) is 14.4 Å². The molecule has 1 heterocycles. The van der Waals surface area contributed by atoms with Crippen LogP contribution in [0.1, 0.15) is 26.3 Å². The van der Waals surface area contributed by atoms with E-state index in [2.05, 4.69) is 5.32 Å². The second kappa shape index (κ2) is 9.05. The number of carbonyl (C=O) groups is 3. The van der Waals surface area contributed by atoms with Crippen LogP contribution in [0.4, 0.5) is 4.39 Å².